The number of nitrogens with zero attached hydrogens (tertiary/aromatic N) is 1. The van der Waals surface area contributed by atoms with Crippen LogP contribution in [0.15, 0.2) is 12.1 Å². The molecule has 1 aromatic carbocycles. The van der Waals surface area contributed by atoms with E-state index in [4.69, 9.17) is 10.00 Å². The molecule has 1 rings (SSSR count). The van der Waals surface area contributed by atoms with Crippen LogP contribution in [0.2, 0.25) is 0 Å². The summed E-state index contributed by atoms with van der Waals surface area (Å²) in [7, 11) is 0. The number of hydrogen-bond donors (Lipinski definition) is 0. The molecule has 0 spiro atoms. The monoisotopic (exact) mass is 211 g/mol. The molecule has 0 fully saturated rings. The predicted octanol–water partition coefficient (Wildman–Crippen LogP) is 2.07. The maximum absolute atomic E-state index is 13.2. The van der Waals surface area contributed by atoms with Gasteiger partial charge in [0.05, 0.1) is 0 Å². The Bertz CT molecular complexity index is 403. The first-order valence-electron chi connectivity index (χ1n) is 4.09. The van der Waals surface area contributed by atoms with E-state index < -0.39 is 23.5 Å². The topological polar surface area (TPSA) is 50.1 Å². The molecule has 1 atom stereocenters. The van der Waals surface area contributed by atoms with Gasteiger partial charge in [-0.1, -0.05) is 0 Å². The highest BCUT2D eigenvalue weighted by molar-refractivity contribution is 5.75. The van der Waals surface area contributed by atoms with Crippen LogP contribution in [0.25, 0.3) is 0 Å². The van der Waals surface area contributed by atoms with Crippen LogP contribution in [0, 0.1) is 23.0 Å². The van der Waals surface area contributed by atoms with Crippen LogP contribution in [0.5, 0.6) is 5.75 Å². The minimum Gasteiger partial charge on any atom is -0.470 e. The fourth-order valence-corrected chi connectivity index (χ4v) is 0.963. The number of benzene rings is 1. The zero-order valence-corrected chi connectivity index (χ0v) is 7.83. The molecule has 1 aromatic rings. The van der Waals surface area contributed by atoms with Gasteiger partial charge in [0.15, 0.2) is 23.5 Å². The Hall–Kier alpha value is -1.96. The molecular formula is C10H7F2NO2. The predicted molar refractivity (Wildman–Crippen MR) is 47.4 cm³/mol. The molecule has 3 nitrogen and oxygen atoms in total. The second kappa shape index (κ2) is 4.51. The summed E-state index contributed by atoms with van der Waals surface area (Å²) in [4.78, 5) is 10.3. The summed E-state index contributed by atoms with van der Waals surface area (Å²) < 4.78 is 31.0. The summed E-state index contributed by atoms with van der Waals surface area (Å²) in [5.74, 6) is -2.65. The van der Waals surface area contributed by atoms with Crippen LogP contribution in [0.1, 0.15) is 17.3 Å². The molecule has 0 saturated heterocycles. The standard InChI is InChI=1S/C10H7F2NO2/c1-6(4-13)15-10-8(11)2-7(5-14)3-9(10)12/h2-3,5-6H,1H3. The van der Waals surface area contributed by atoms with E-state index in [9.17, 15) is 13.6 Å². The van der Waals surface area contributed by atoms with Crippen molar-refractivity contribution in [2.75, 3.05) is 0 Å². The minimum absolute atomic E-state index is 0.123. The summed E-state index contributed by atoms with van der Waals surface area (Å²) in [6.45, 7) is 1.35. The van der Waals surface area contributed by atoms with Crippen molar-refractivity contribution in [2.24, 2.45) is 0 Å². The van der Waals surface area contributed by atoms with Gasteiger partial charge < -0.3 is 4.74 Å². The van der Waals surface area contributed by atoms with Crippen molar-refractivity contribution in [1.82, 2.24) is 0 Å². The molecule has 0 bridgehead atoms. The number of nitriles is 1. The van der Waals surface area contributed by atoms with Gasteiger partial charge in [0, 0.05) is 5.56 Å². The van der Waals surface area contributed by atoms with Crippen LogP contribution in [0.4, 0.5) is 8.78 Å². The lowest BCUT2D eigenvalue weighted by Crippen LogP contribution is -2.11. The van der Waals surface area contributed by atoms with Crippen LogP contribution < -0.4 is 4.74 Å². The molecule has 5 heteroatoms. The first-order chi connectivity index (χ1) is 7.08. The lowest BCUT2D eigenvalue weighted by atomic mass is 10.2. The van der Waals surface area contributed by atoms with Crippen molar-refractivity contribution in [1.29, 1.82) is 5.26 Å². The van der Waals surface area contributed by atoms with Crippen molar-refractivity contribution in [3.63, 3.8) is 0 Å². The first kappa shape index (κ1) is 11.1. The number of rotatable bonds is 3. The minimum atomic E-state index is -1.00. The molecule has 0 heterocycles. The third-order valence-electron chi connectivity index (χ3n) is 1.63. The molecule has 0 aliphatic carbocycles. The van der Waals surface area contributed by atoms with Gasteiger partial charge in [-0.2, -0.15) is 5.26 Å². The van der Waals surface area contributed by atoms with Gasteiger partial charge in [-0.3, -0.25) is 4.79 Å². The highest BCUT2D eigenvalue weighted by Gasteiger charge is 2.14. The number of carbonyl (C=O) groups is 1. The maximum Gasteiger partial charge on any atom is 0.192 e. The molecule has 0 aromatic heterocycles. The molecule has 0 N–H and O–H groups in total. The molecule has 0 saturated carbocycles. The molecule has 15 heavy (non-hydrogen) atoms. The highest BCUT2D eigenvalue weighted by atomic mass is 19.1. The molecule has 0 amide bonds. The average Bonchev–Trinajstić information content (AvgIpc) is 2.22. The van der Waals surface area contributed by atoms with Gasteiger partial charge >= 0.3 is 0 Å². The van der Waals surface area contributed by atoms with Crippen LogP contribution in [-0.4, -0.2) is 12.4 Å². The summed E-state index contributed by atoms with van der Waals surface area (Å²) in [5.41, 5.74) is -0.123. The molecule has 1 unspecified atom stereocenters. The van der Waals surface area contributed by atoms with Crippen LogP contribution in [0.3, 0.4) is 0 Å². The van der Waals surface area contributed by atoms with Crippen molar-refractivity contribution < 1.29 is 18.3 Å². The second-order valence-electron chi connectivity index (χ2n) is 2.82. The van der Waals surface area contributed by atoms with Crippen molar-refractivity contribution >= 4 is 6.29 Å². The lowest BCUT2D eigenvalue weighted by molar-refractivity contribution is 0.112. The van der Waals surface area contributed by atoms with Gasteiger partial charge in [0.2, 0.25) is 0 Å². The van der Waals surface area contributed by atoms with Gasteiger partial charge in [-0.05, 0) is 19.1 Å². The summed E-state index contributed by atoms with van der Waals surface area (Å²) in [6.07, 6.45) is -0.639. The van der Waals surface area contributed by atoms with E-state index in [1.807, 2.05) is 0 Å². The number of halogens is 2. The number of hydrogen-bond acceptors (Lipinski definition) is 3. The Labute approximate surface area is 84.9 Å². The smallest absolute Gasteiger partial charge is 0.192 e. The quantitative estimate of drug-likeness (QED) is 0.719. The number of carbonyl (C=O) groups excluding carboxylic acids is 1. The average molecular weight is 211 g/mol. The second-order valence-corrected chi connectivity index (χ2v) is 2.82. The van der Waals surface area contributed by atoms with Gasteiger partial charge in [0.1, 0.15) is 12.4 Å². The van der Waals surface area contributed by atoms with Crippen molar-refractivity contribution in [3.05, 3.63) is 29.3 Å². The van der Waals surface area contributed by atoms with E-state index in [1.54, 1.807) is 6.07 Å². The van der Waals surface area contributed by atoms with E-state index in [0.29, 0.717) is 6.29 Å². The van der Waals surface area contributed by atoms with E-state index >= 15 is 0 Å². The zero-order chi connectivity index (χ0) is 11.4. The first-order valence-corrected chi connectivity index (χ1v) is 4.09. The SMILES string of the molecule is CC(C#N)Oc1c(F)cc(C=O)cc1F. The molecule has 78 valence electrons. The Kier molecular flexibility index (Phi) is 3.34. The summed E-state index contributed by atoms with van der Waals surface area (Å²) >= 11 is 0. The van der Waals surface area contributed by atoms with Gasteiger partial charge in [0.25, 0.3) is 0 Å². The van der Waals surface area contributed by atoms with E-state index in [2.05, 4.69) is 0 Å². The number of aldehydes is 1. The fraction of sp³-hybridized carbons (Fsp3) is 0.200. The Morgan fingerprint density at radius 3 is 2.40 bits per heavy atom. The molecular weight excluding hydrogens is 204 g/mol. The summed E-state index contributed by atoms with van der Waals surface area (Å²) in [6, 6.07) is 3.36. The third kappa shape index (κ3) is 2.50. The van der Waals surface area contributed by atoms with Crippen LogP contribution in [-0.2, 0) is 0 Å². The maximum atomic E-state index is 13.2. The molecule has 0 aliphatic heterocycles. The van der Waals surface area contributed by atoms with Crippen LogP contribution >= 0.6 is 0 Å². The van der Waals surface area contributed by atoms with Gasteiger partial charge in [-0.15, -0.1) is 0 Å². The van der Waals surface area contributed by atoms with E-state index in [-0.39, 0.29) is 5.56 Å². The van der Waals surface area contributed by atoms with Gasteiger partial charge in [-0.25, -0.2) is 8.78 Å². The zero-order valence-electron chi connectivity index (χ0n) is 7.83. The van der Waals surface area contributed by atoms with Crippen molar-refractivity contribution in [2.45, 2.75) is 13.0 Å². The van der Waals surface area contributed by atoms with E-state index in [0.717, 1.165) is 12.1 Å². The Morgan fingerprint density at radius 2 is 2.00 bits per heavy atom. The number of ether oxygens (including phenoxy) is 1. The third-order valence-corrected chi connectivity index (χ3v) is 1.63. The fourth-order valence-electron chi connectivity index (χ4n) is 0.963. The summed E-state index contributed by atoms with van der Waals surface area (Å²) in [5, 5.41) is 8.40. The normalized spacial score (nSPS) is 11.6. The largest absolute Gasteiger partial charge is 0.470 e. The lowest BCUT2D eigenvalue weighted by Gasteiger charge is -2.09. The van der Waals surface area contributed by atoms with E-state index in [1.165, 1.54) is 6.92 Å². The Morgan fingerprint density at radius 1 is 1.47 bits per heavy atom. The molecule has 0 aliphatic rings. The highest BCUT2D eigenvalue weighted by Crippen LogP contribution is 2.23. The Balaban J connectivity index is 3.09. The van der Waals surface area contributed by atoms with Crippen molar-refractivity contribution in [3.8, 4) is 11.8 Å². The molecule has 0 radical (unpaired) electrons.